The van der Waals surface area contributed by atoms with E-state index in [1.54, 1.807) is 30.3 Å². The number of esters is 1. The predicted molar refractivity (Wildman–Crippen MR) is 104 cm³/mol. The van der Waals surface area contributed by atoms with Crippen LogP contribution in [-0.4, -0.2) is 52.4 Å². The summed E-state index contributed by atoms with van der Waals surface area (Å²) in [6.07, 6.45) is -0.0339. The van der Waals surface area contributed by atoms with Gasteiger partial charge in [0, 0.05) is 25.3 Å². The third-order valence-electron chi connectivity index (χ3n) is 3.79. The highest BCUT2D eigenvalue weighted by molar-refractivity contribution is 7.89. The average molecular weight is 406 g/mol. The van der Waals surface area contributed by atoms with Gasteiger partial charge in [0.05, 0.1) is 18.4 Å². The Kier molecular flexibility index (Phi) is 7.13. The van der Waals surface area contributed by atoms with Gasteiger partial charge in [0.25, 0.3) is 5.91 Å². The first kappa shape index (κ1) is 21.4. The molecule has 150 valence electrons. The molecule has 28 heavy (non-hydrogen) atoms. The van der Waals surface area contributed by atoms with Gasteiger partial charge >= 0.3 is 5.97 Å². The summed E-state index contributed by atoms with van der Waals surface area (Å²) >= 11 is 0. The van der Waals surface area contributed by atoms with E-state index in [0.29, 0.717) is 11.3 Å². The second-order valence-corrected chi connectivity index (χ2v) is 8.16. The van der Waals surface area contributed by atoms with E-state index in [2.05, 4.69) is 5.32 Å². The van der Waals surface area contributed by atoms with Gasteiger partial charge in [-0.2, -0.15) is 0 Å². The average Bonchev–Trinajstić information content (AvgIpc) is 2.67. The van der Waals surface area contributed by atoms with Crippen LogP contribution in [0.4, 0.5) is 5.69 Å². The first-order valence-electron chi connectivity index (χ1n) is 8.34. The first-order chi connectivity index (χ1) is 13.2. The van der Waals surface area contributed by atoms with Crippen molar-refractivity contribution >= 4 is 27.6 Å². The Labute approximate surface area is 164 Å². The SMILES string of the molecule is COc1ccccc1CC(=O)OCC(=O)Nc1cccc(S(=O)(=O)N(C)C)c1. The van der Waals surface area contributed by atoms with Gasteiger partial charge in [-0.3, -0.25) is 9.59 Å². The monoisotopic (exact) mass is 406 g/mol. The van der Waals surface area contributed by atoms with Crippen molar-refractivity contribution in [3.63, 3.8) is 0 Å². The van der Waals surface area contributed by atoms with E-state index >= 15 is 0 Å². The number of rotatable bonds is 8. The van der Waals surface area contributed by atoms with E-state index in [4.69, 9.17) is 9.47 Å². The van der Waals surface area contributed by atoms with E-state index in [1.165, 1.54) is 39.4 Å². The third kappa shape index (κ3) is 5.54. The van der Waals surface area contributed by atoms with Gasteiger partial charge in [0.2, 0.25) is 10.0 Å². The molecule has 0 unspecified atom stereocenters. The molecule has 0 aliphatic rings. The molecule has 0 bridgehead atoms. The lowest BCUT2D eigenvalue weighted by Gasteiger charge is -2.13. The molecule has 0 saturated heterocycles. The summed E-state index contributed by atoms with van der Waals surface area (Å²) in [6, 6.07) is 12.8. The first-order valence-corrected chi connectivity index (χ1v) is 9.78. The zero-order valence-corrected chi connectivity index (χ0v) is 16.7. The van der Waals surface area contributed by atoms with Crippen LogP contribution in [0.3, 0.4) is 0 Å². The van der Waals surface area contributed by atoms with Crippen molar-refractivity contribution in [3.05, 3.63) is 54.1 Å². The predicted octanol–water partition coefficient (Wildman–Crippen LogP) is 1.67. The van der Waals surface area contributed by atoms with E-state index in [-0.39, 0.29) is 17.0 Å². The number of nitrogens with one attached hydrogen (secondary N) is 1. The minimum absolute atomic E-state index is 0.0339. The molecular weight excluding hydrogens is 384 g/mol. The largest absolute Gasteiger partial charge is 0.496 e. The van der Waals surface area contributed by atoms with Gasteiger partial charge in [0.15, 0.2) is 6.61 Å². The summed E-state index contributed by atoms with van der Waals surface area (Å²) in [5, 5.41) is 2.51. The summed E-state index contributed by atoms with van der Waals surface area (Å²) in [6.45, 7) is -0.487. The molecule has 0 fully saturated rings. The Morgan fingerprint density at radius 2 is 1.79 bits per heavy atom. The summed E-state index contributed by atoms with van der Waals surface area (Å²) in [7, 11) is 0.722. The lowest BCUT2D eigenvalue weighted by atomic mass is 10.1. The molecule has 0 saturated carbocycles. The fourth-order valence-corrected chi connectivity index (χ4v) is 3.29. The van der Waals surface area contributed by atoms with Crippen molar-refractivity contribution in [1.82, 2.24) is 4.31 Å². The number of nitrogens with zero attached hydrogens (tertiary/aromatic N) is 1. The Morgan fingerprint density at radius 1 is 1.07 bits per heavy atom. The molecule has 1 amide bonds. The maximum absolute atomic E-state index is 12.1. The molecule has 2 aromatic rings. The van der Waals surface area contributed by atoms with Crippen molar-refractivity contribution in [2.24, 2.45) is 0 Å². The zero-order valence-electron chi connectivity index (χ0n) is 15.8. The quantitative estimate of drug-likeness (QED) is 0.669. The van der Waals surface area contributed by atoms with Gasteiger partial charge in [-0.25, -0.2) is 12.7 Å². The molecule has 0 aromatic heterocycles. The van der Waals surface area contributed by atoms with Gasteiger partial charge in [0.1, 0.15) is 5.75 Å². The number of hydrogen-bond acceptors (Lipinski definition) is 6. The van der Waals surface area contributed by atoms with Crippen molar-refractivity contribution in [3.8, 4) is 5.75 Å². The molecule has 0 radical (unpaired) electrons. The number of sulfonamides is 1. The van der Waals surface area contributed by atoms with Crippen molar-refractivity contribution in [2.45, 2.75) is 11.3 Å². The van der Waals surface area contributed by atoms with Crippen LogP contribution >= 0.6 is 0 Å². The molecule has 9 heteroatoms. The van der Waals surface area contributed by atoms with Crippen molar-refractivity contribution in [1.29, 1.82) is 0 Å². The number of benzene rings is 2. The van der Waals surface area contributed by atoms with E-state index in [0.717, 1.165) is 4.31 Å². The molecule has 1 N–H and O–H groups in total. The number of ether oxygens (including phenoxy) is 2. The van der Waals surface area contributed by atoms with Crippen LogP contribution in [0.1, 0.15) is 5.56 Å². The van der Waals surface area contributed by atoms with Crippen LogP contribution in [0.5, 0.6) is 5.75 Å². The summed E-state index contributed by atoms with van der Waals surface area (Å²) in [5.41, 5.74) is 0.936. The van der Waals surface area contributed by atoms with Gasteiger partial charge in [-0.1, -0.05) is 24.3 Å². The van der Waals surface area contributed by atoms with Gasteiger partial charge in [-0.15, -0.1) is 0 Å². The second-order valence-electron chi connectivity index (χ2n) is 6.01. The van der Waals surface area contributed by atoms with Crippen LogP contribution in [-0.2, 0) is 30.8 Å². The van der Waals surface area contributed by atoms with Crippen molar-refractivity contribution < 1.29 is 27.5 Å². The van der Waals surface area contributed by atoms with Crippen LogP contribution in [0.25, 0.3) is 0 Å². The van der Waals surface area contributed by atoms with E-state index in [9.17, 15) is 18.0 Å². The standard InChI is InChI=1S/C19H22N2O6S/c1-21(2)28(24,25)16-9-6-8-15(12-16)20-18(22)13-27-19(23)11-14-7-4-5-10-17(14)26-3/h4-10,12H,11,13H2,1-3H3,(H,20,22). The number of carbonyl (C=O) groups is 2. The molecule has 0 atom stereocenters. The minimum atomic E-state index is -3.62. The zero-order chi connectivity index (χ0) is 20.7. The van der Waals surface area contributed by atoms with Crippen LogP contribution < -0.4 is 10.1 Å². The number of para-hydroxylation sites is 1. The summed E-state index contributed by atoms with van der Waals surface area (Å²) in [4.78, 5) is 24.0. The normalized spacial score (nSPS) is 11.1. The maximum Gasteiger partial charge on any atom is 0.310 e. The number of hydrogen-bond donors (Lipinski definition) is 1. The van der Waals surface area contributed by atoms with Gasteiger partial charge < -0.3 is 14.8 Å². The maximum atomic E-state index is 12.1. The molecular formula is C19H22N2O6S. The third-order valence-corrected chi connectivity index (χ3v) is 5.60. The van der Waals surface area contributed by atoms with Crippen LogP contribution in [0.2, 0.25) is 0 Å². The molecule has 2 rings (SSSR count). The fourth-order valence-electron chi connectivity index (χ4n) is 2.34. The molecule has 2 aromatic carbocycles. The molecule has 0 aliphatic heterocycles. The number of anilines is 1. The highest BCUT2D eigenvalue weighted by Crippen LogP contribution is 2.19. The lowest BCUT2D eigenvalue weighted by Crippen LogP contribution is -2.23. The second kappa shape index (κ2) is 9.34. The lowest BCUT2D eigenvalue weighted by molar-refractivity contribution is -0.146. The molecule has 8 nitrogen and oxygen atoms in total. The Morgan fingerprint density at radius 3 is 2.46 bits per heavy atom. The van der Waals surface area contributed by atoms with E-state index in [1.807, 2.05) is 0 Å². The van der Waals surface area contributed by atoms with Gasteiger partial charge in [-0.05, 0) is 24.3 Å². The number of amides is 1. The minimum Gasteiger partial charge on any atom is -0.496 e. The van der Waals surface area contributed by atoms with Crippen LogP contribution in [0, 0.1) is 0 Å². The molecule has 0 spiro atoms. The number of methoxy groups -OCH3 is 1. The Hall–Kier alpha value is -2.91. The Balaban J connectivity index is 1.93. The topological polar surface area (TPSA) is 102 Å². The highest BCUT2D eigenvalue weighted by Gasteiger charge is 2.18. The molecule has 0 aliphatic carbocycles. The smallest absolute Gasteiger partial charge is 0.310 e. The van der Waals surface area contributed by atoms with Crippen molar-refractivity contribution in [2.75, 3.05) is 33.1 Å². The molecule has 0 heterocycles. The number of carbonyl (C=O) groups excluding carboxylic acids is 2. The van der Waals surface area contributed by atoms with Crippen LogP contribution in [0.15, 0.2) is 53.4 Å². The summed E-state index contributed by atoms with van der Waals surface area (Å²) in [5.74, 6) is -0.598. The highest BCUT2D eigenvalue weighted by atomic mass is 32.2. The summed E-state index contributed by atoms with van der Waals surface area (Å²) < 4.78 is 35.5. The fraction of sp³-hybridized carbons (Fsp3) is 0.263. The Bertz CT molecular complexity index is 956. The van der Waals surface area contributed by atoms with E-state index < -0.39 is 28.5 Å².